The van der Waals surface area contributed by atoms with E-state index in [2.05, 4.69) is 63.0 Å². The largest absolute Gasteiger partial charge is 0.415 e. The number of halogens is 1. The van der Waals surface area contributed by atoms with Gasteiger partial charge in [-0.1, -0.05) is 54.0 Å². The smallest absolute Gasteiger partial charge is 0.409 e. The van der Waals surface area contributed by atoms with Gasteiger partial charge in [-0.2, -0.15) is 0 Å². The standard InChI is InChI=1S/C59H77BrN12O12/c1-5-81-27-28-83-30-29-82-26-18-50(73)62-20-21-63-51(74)35-65-53(37(2)3)56(77)69-46(11-8-19-64-58(61)79)55(76)66-41-14-12-38(13-15-41)54(75)67-42-16-17-45-39(31-42)32-47(68-45)57(78)72-36-40(34-60)52-44-10-7-6-9-43(44)49(33-48(52)72)84-59(80)71-24-22-70(4)23-25-71/h6-7,9-10,12-17,31-33,37,40,46,53,65,68H,5,8,11,18-30,34-36H2,1-4H3,(H,62,73)(H,63,74)(H,66,76)(H,67,75)(H,69,77)(H3,61,64,79)/t40-,46?,53?/m1/s1. The molecule has 452 valence electrons. The minimum atomic E-state index is -1.08. The molecular formula is C59H77BrN12O12. The number of fused-ring (bicyclic) bond motifs is 4. The molecule has 4 aromatic carbocycles. The van der Waals surface area contributed by atoms with E-state index < -0.39 is 47.8 Å². The molecule has 2 aliphatic rings. The number of alkyl halides is 1. The normalized spacial score (nSPS) is 14.9. The summed E-state index contributed by atoms with van der Waals surface area (Å²) in [6.45, 7) is 11.3. The SMILES string of the molecule is CCOCCOCCOCCC(=O)NCCNC(=O)CNC(C(=O)NC(CCCNC(N)=O)C(=O)Nc1ccc(C(=O)Nc2ccc3[nH]c(C(=O)N4C[C@@H](CBr)c5c4cc(OC(=O)N4CCN(C)CC4)c4ccccc54)cc3c2)cc1)C(C)C. The highest BCUT2D eigenvalue weighted by Crippen LogP contribution is 2.46. The van der Waals surface area contributed by atoms with Crippen molar-refractivity contribution >= 4 is 102 Å². The second-order valence-electron chi connectivity index (χ2n) is 20.8. The lowest BCUT2D eigenvalue weighted by Crippen LogP contribution is -2.55. The summed E-state index contributed by atoms with van der Waals surface area (Å²) in [5, 5.41) is 22.3. The van der Waals surface area contributed by atoms with E-state index in [9.17, 15) is 38.4 Å². The number of carbonyl (C=O) groups is 8. The third-order valence-corrected chi connectivity index (χ3v) is 15.0. The molecule has 5 aromatic rings. The number of primary amides is 1. The van der Waals surface area contributed by atoms with Gasteiger partial charge in [0, 0.05) is 116 Å². The number of likely N-dealkylation sites (N-methyl/N-ethyl adjacent to an activating group) is 1. The summed E-state index contributed by atoms with van der Waals surface area (Å²) in [6.07, 6.45) is 0.108. The van der Waals surface area contributed by atoms with Crippen LogP contribution >= 0.6 is 15.9 Å². The number of nitrogens with zero attached hydrogens (tertiary/aromatic N) is 3. The molecule has 1 saturated heterocycles. The average Bonchev–Trinajstić information content (AvgIpc) is 2.01. The van der Waals surface area contributed by atoms with E-state index in [-0.39, 0.29) is 81.3 Å². The zero-order chi connectivity index (χ0) is 60.1. The van der Waals surface area contributed by atoms with Crippen LogP contribution in [0.25, 0.3) is 21.7 Å². The van der Waals surface area contributed by atoms with E-state index >= 15 is 0 Å². The number of urea groups is 1. The molecule has 10 N–H and O–H groups in total. The third kappa shape index (κ3) is 18.2. The first-order valence-electron chi connectivity index (χ1n) is 28.3. The van der Waals surface area contributed by atoms with Crippen molar-refractivity contribution in [2.75, 3.05) is 126 Å². The number of carbonyl (C=O) groups excluding carboxylic acids is 8. The Morgan fingerprint density at radius 3 is 2.12 bits per heavy atom. The number of H-pyrrole nitrogens is 1. The topological polar surface area (TPSA) is 309 Å². The van der Waals surface area contributed by atoms with Gasteiger partial charge in [0.2, 0.25) is 23.6 Å². The van der Waals surface area contributed by atoms with Crippen molar-refractivity contribution in [1.29, 1.82) is 0 Å². The summed E-state index contributed by atoms with van der Waals surface area (Å²) in [7, 11) is 2.02. The van der Waals surface area contributed by atoms with Crippen LogP contribution in [0.1, 0.15) is 72.4 Å². The number of rotatable bonds is 30. The molecule has 0 saturated carbocycles. The lowest BCUT2D eigenvalue weighted by Gasteiger charge is -2.31. The van der Waals surface area contributed by atoms with Crippen LogP contribution < -0.4 is 52.6 Å². The van der Waals surface area contributed by atoms with Gasteiger partial charge in [0.05, 0.1) is 51.3 Å². The van der Waals surface area contributed by atoms with Crippen molar-refractivity contribution in [3.63, 3.8) is 0 Å². The number of amides is 9. The first-order chi connectivity index (χ1) is 40.5. The van der Waals surface area contributed by atoms with E-state index in [1.54, 1.807) is 66.1 Å². The molecule has 2 aliphatic heterocycles. The Morgan fingerprint density at radius 1 is 0.750 bits per heavy atom. The number of nitrogens with one attached hydrogen (secondary N) is 8. The van der Waals surface area contributed by atoms with Crippen molar-refractivity contribution in [3.05, 3.63) is 95.7 Å². The van der Waals surface area contributed by atoms with Gasteiger partial charge in [0.1, 0.15) is 17.5 Å². The fraction of sp³-hybridized carbons (Fsp3) is 0.458. The molecule has 1 fully saturated rings. The molecule has 3 heterocycles. The maximum Gasteiger partial charge on any atom is 0.415 e. The Morgan fingerprint density at radius 2 is 1.43 bits per heavy atom. The molecule has 24 nitrogen and oxygen atoms in total. The Kier molecular flexibility index (Phi) is 24.2. The number of hydrogen-bond acceptors (Lipinski definition) is 14. The van der Waals surface area contributed by atoms with Gasteiger partial charge < -0.3 is 76.3 Å². The van der Waals surface area contributed by atoms with Crippen LogP contribution in [0.2, 0.25) is 0 Å². The van der Waals surface area contributed by atoms with Crippen molar-refractivity contribution < 1.29 is 57.3 Å². The number of hydrogen-bond donors (Lipinski definition) is 9. The van der Waals surface area contributed by atoms with Gasteiger partial charge in [0.15, 0.2) is 0 Å². The number of nitrogens with two attached hydrogens (primary N) is 1. The van der Waals surface area contributed by atoms with E-state index in [1.165, 1.54) is 12.1 Å². The summed E-state index contributed by atoms with van der Waals surface area (Å²) in [4.78, 5) is 114. The molecule has 0 spiro atoms. The van der Waals surface area contributed by atoms with Gasteiger partial charge in [-0.3, -0.25) is 34.1 Å². The average molecular weight is 1230 g/mol. The van der Waals surface area contributed by atoms with Gasteiger partial charge in [0.25, 0.3) is 11.8 Å². The molecule has 9 amide bonds. The highest BCUT2D eigenvalue weighted by Gasteiger charge is 2.36. The third-order valence-electron chi connectivity index (χ3n) is 14.3. The zero-order valence-electron chi connectivity index (χ0n) is 47.9. The van der Waals surface area contributed by atoms with Crippen LogP contribution in [-0.2, 0) is 33.4 Å². The quantitative estimate of drug-likeness (QED) is 0.0224. The molecule has 3 atom stereocenters. The summed E-state index contributed by atoms with van der Waals surface area (Å²) in [6, 6.07) is 20.0. The molecule has 84 heavy (non-hydrogen) atoms. The summed E-state index contributed by atoms with van der Waals surface area (Å²) in [5.74, 6) is -2.41. The van der Waals surface area contributed by atoms with Gasteiger partial charge in [-0.25, -0.2) is 9.59 Å². The minimum Gasteiger partial charge on any atom is -0.409 e. The second-order valence-corrected chi connectivity index (χ2v) is 21.4. The summed E-state index contributed by atoms with van der Waals surface area (Å²) in [5.41, 5.74) is 8.99. The number of piperazine rings is 1. The van der Waals surface area contributed by atoms with E-state index in [0.717, 1.165) is 29.4 Å². The van der Waals surface area contributed by atoms with Gasteiger partial charge in [-0.05, 0) is 92.2 Å². The monoisotopic (exact) mass is 1220 g/mol. The lowest BCUT2D eigenvalue weighted by molar-refractivity contribution is -0.129. The predicted octanol–water partition coefficient (Wildman–Crippen LogP) is 4.64. The highest BCUT2D eigenvalue weighted by molar-refractivity contribution is 9.09. The molecule has 0 aliphatic carbocycles. The maximum atomic E-state index is 14.5. The number of aromatic amines is 1. The number of benzene rings is 4. The molecule has 1 aromatic heterocycles. The van der Waals surface area contributed by atoms with Crippen LogP contribution in [0.4, 0.5) is 26.7 Å². The fourth-order valence-corrected chi connectivity index (χ4v) is 10.3. The summed E-state index contributed by atoms with van der Waals surface area (Å²) >= 11 is 3.68. The zero-order valence-corrected chi connectivity index (χ0v) is 49.5. The Bertz CT molecular complexity index is 3100. The molecule has 2 unspecified atom stereocenters. The Hall–Kier alpha value is -7.68. The Balaban J connectivity index is 0.914. The first-order valence-corrected chi connectivity index (χ1v) is 29.4. The number of aromatic nitrogens is 1. The molecule has 0 radical (unpaired) electrons. The van der Waals surface area contributed by atoms with Crippen molar-refractivity contribution in [3.8, 4) is 5.75 Å². The van der Waals surface area contributed by atoms with Crippen LogP contribution in [0.5, 0.6) is 5.75 Å². The van der Waals surface area contributed by atoms with Crippen molar-refractivity contribution in [2.45, 2.75) is 58.0 Å². The number of ether oxygens (including phenoxy) is 4. The highest BCUT2D eigenvalue weighted by atomic mass is 79.9. The molecule has 25 heteroatoms. The fourth-order valence-electron chi connectivity index (χ4n) is 9.76. The van der Waals surface area contributed by atoms with Crippen molar-refractivity contribution in [2.24, 2.45) is 11.7 Å². The molecule has 7 rings (SSSR count). The van der Waals surface area contributed by atoms with E-state index in [4.69, 9.17) is 24.7 Å². The Labute approximate surface area is 496 Å². The van der Waals surface area contributed by atoms with Crippen molar-refractivity contribution in [1.82, 2.24) is 41.4 Å². The van der Waals surface area contributed by atoms with Crippen LogP contribution in [0, 0.1) is 5.92 Å². The molecular weight excluding hydrogens is 1150 g/mol. The van der Waals surface area contributed by atoms with Crippen LogP contribution in [0.3, 0.4) is 0 Å². The summed E-state index contributed by atoms with van der Waals surface area (Å²) < 4.78 is 22.1. The lowest BCUT2D eigenvalue weighted by atomic mass is 9.95. The number of anilines is 3. The van der Waals surface area contributed by atoms with E-state index in [0.29, 0.717) is 97.4 Å². The maximum absolute atomic E-state index is 14.5. The second kappa shape index (κ2) is 31.8. The van der Waals surface area contributed by atoms with E-state index in [1.807, 2.05) is 38.2 Å². The first kappa shape index (κ1) is 63.9. The molecule has 0 bridgehead atoms. The van der Waals surface area contributed by atoms with Gasteiger partial charge >= 0.3 is 12.1 Å². The predicted molar refractivity (Wildman–Crippen MR) is 323 cm³/mol. The minimum absolute atomic E-state index is 0.0337. The van der Waals surface area contributed by atoms with Crippen LogP contribution in [-0.4, -0.2) is 185 Å². The van der Waals surface area contributed by atoms with Crippen LogP contribution in [0.15, 0.2) is 78.9 Å². The van der Waals surface area contributed by atoms with Gasteiger partial charge in [-0.15, -0.1) is 0 Å².